The van der Waals surface area contributed by atoms with E-state index in [0.717, 1.165) is 5.56 Å². The molecule has 0 heterocycles. The Bertz CT molecular complexity index is 815. The lowest BCUT2D eigenvalue weighted by Gasteiger charge is -2.19. The summed E-state index contributed by atoms with van der Waals surface area (Å²) in [5, 5.41) is 2.62. The summed E-state index contributed by atoms with van der Waals surface area (Å²) in [6, 6.07) is 10.6. The number of hydrogen-bond acceptors (Lipinski definition) is 4. The lowest BCUT2D eigenvalue weighted by molar-refractivity contribution is -0.274. The van der Waals surface area contributed by atoms with E-state index in [-0.39, 0.29) is 12.3 Å². The summed E-state index contributed by atoms with van der Waals surface area (Å²) in [7, 11) is 0. The van der Waals surface area contributed by atoms with Crippen LogP contribution in [0.3, 0.4) is 0 Å². The molecule has 2 rings (SSSR count). The smallest absolute Gasteiger partial charge is 0.444 e. The van der Waals surface area contributed by atoms with E-state index in [1.807, 2.05) is 0 Å². The van der Waals surface area contributed by atoms with Crippen LogP contribution < -0.4 is 15.8 Å². The number of anilines is 1. The van der Waals surface area contributed by atoms with Gasteiger partial charge in [-0.05, 0) is 50.1 Å². The molecule has 0 saturated heterocycles. The van der Waals surface area contributed by atoms with Gasteiger partial charge in [0.25, 0.3) is 0 Å². The van der Waals surface area contributed by atoms with Gasteiger partial charge in [-0.15, -0.1) is 13.2 Å². The fourth-order valence-electron chi connectivity index (χ4n) is 2.33. The number of nitrogens with one attached hydrogen (secondary N) is 1. The van der Waals surface area contributed by atoms with E-state index in [1.54, 1.807) is 45.0 Å². The van der Waals surface area contributed by atoms with Crippen LogP contribution in [0.5, 0.6) is 5.75 Å². The Labute approximate surface area is 155 Å². The molecule has 0 spiro atoms. The second-order valence-electron chi connectivity index (χ2n) is 6.85. The van der Waals surface area contributed by atoms with Gasteiger partial charge in [-0.2, -0.15) is 0 Å². The molecule has 3 N–H and O–H groups in total. The second kappa shape index (κ2) is 7.77. The van der Waals surface area contributed by atoms with Crippen molar-refractivity contribution in [3.8, 4) is 16.9 Å². The molecule has 8 heteroatoms. The highest BCUT2D eigenvalue weighted by Gasteiger charge is 2.31. The Balaban J connectivity index is 2.11. The molecule has 2 aromatic carbocycles. The first-order valence-electron chi connectivity index (χ1n) is 8.14. The molecule has 146 valence electrons. The highest BCUT2D eigenvalue weighted by Crippen LogP contribution is 2.31. The minimum absolute atomic E-state index is 0.205. The van der Waals surface area contributed by atoms with Crippen molar-refractivity contribution in [2.45, 2.75) is 39.3 Å². The Morgan fingerprint density at radius 2 is 1.81 bits per heavy atom. The average molecular weight is 382 g/mol. The van der Waals surface area contributed by atoms with Gasteiger partial charge in [0.15, 0.2) is 0 Å². The number of nitrogen functional groups attached to an aromatic ring is 1. The largest absolute Gasteiger partial charge is 0.573 e. The van der Waals surface area contributed by atoms with Gasteiger partial charge in [0.2, 0.25) is 0 Å². The lowest BCUT2D eigenvalue weighted by Crippen LogP contribution is -2.32. The molecule has 2 aromatic rings. The van der Waals surface area contributed by atoms with Gasteiger partial charge in [-0.1, -0.05) is 24.3 Å². The summed E-state index contributed by atoms with van der Waals surface area (Å²) < 4.78 is 46.2. The summed E-state index contributed by atoms with van der Waals surface area (Å²) in [6.45, 7) is 5.48. The van der Waals surface area contributed by atoms with Gasteiger partial charge in [0.05, 0.1) is 0 Å². The number of ether oxygens (including phenoxy) is 2. The number of rotatable bonds is 4. The maximum Gasteiger partial charge on any atom is 0.573 e. The van der Waals surface area contributed by atoms with E-state index < -0.39 is 18.1 Å². The first kappa shape index (κ1) is 20.4. The normalized spacial score (nSPS) is 11.8. The van der Waals surface area contributed by atoms with Crippen molar-refractivity contribution in [1.82, 2.24) is 5.32 Å². The monoisotopic (exact) mass is 382 g/mol. The number of carbonyl (C=O) groups is 1. The zero-order chi connectivity index (χ0) is 20.2. The number of alkyl carbamates (subject to hydrolysis) is 1. The quantitative estimate of drug-likeness (QED) is 0.741. The fourth-order valence-corrected chi connectivity index (χ4v) is 2.33. The zero-order valence-electron chi connectivity index (χ0n) is 15.2. The van der Waals surface area contributed by atoms with Crippen LogP contribution in [0.1, 0.15) is 26.3 Å². The number of benzene rings is 2. The summed E-state index contributed by atoms with van der Waals surface area (Å²) in [6.07, 6.45) is -5.32. The molecule has 0 fully saturated rings. The molecule has 0 aliphatic carbocycles. The van der Waals surface area contributed by atoms with Crippen LogP contribution in [-0.2, 0) is 11.3 Å². The predicted molar refractivity (Wildman–Crippen MR) is 96.0 cm³/mol. The zero-order valence-corrected chi connectivity index (χ0v) is 15.2. The Hall–Kier alpha value is -2.90. The van der Waals surface area contributed by atoms with Crippen LogP contribution in [0, 0.1) is 0 Å². The Kier molecular flexibility index (Phi) is 5.88. The molecular formula is C19H21F3N2O3. The van der Waals surface area contributed by atoms with E-state index in [0.29, 0.717) is 16.8 Å². The highest BCUT2D eigenvalue weighted by molar-refractivity contribution is 5.77. The van der Waals surface area contributed by atoms with Gasteiger partial charge in [0.1, 0.15) is 11.4 Å². The summed E-state index contributed by atoms with van der Waals surface area (Å²) in [5.74, 6) is -0.324. The maximum absolute atomic E-state index is 12.4. The van der Waals surface area contributed by atoms with Crippen molar-refractivity contribution in [2.24, 2.45) is 0 Å². The van der Waals surface area contributed by atoms with Crippen molar-refractivity contribution in [2.75, 3.05) is 5.73 Å². The molecule has 0 radical (unpaired) electrons. The topological polar surface area (TPSA) is 73.6 Å². The minimum Gasteiger partial charge on any atom is -0.444 e. The highest BCUT2D eigenvalue weighted by atomic mass is 19.4. The van der Waals surface area contributed by atoms with Crippen molar-refractivity contribution < 1.29 is 27.4 Å². The van der Waals surface area contributed by atoms with Gasteiger partial charge < -0.3 is 20.5 Å². The predicted octanol–water partition coefficient (Wildman–Crippen LogP) is 4.86. The Morgan fingerprint density at radius 1 is 1.11 bits per heavy atom. The molecule has 27 heavy (non-hydrogen) atoms. The standard InChI is InChI=1S/C19H21F3N2O3/c1-18(2,3)27-17(25)24-11-12-7-8-15(16(23)9-12)13-5-4-6-14(10-13)26-19(20,21)22/h4-10H,11,23H2,1-3H3,(H,24,25). The molecule has 0 aliphatic heterocycles. The second-order valence-corrected chi connectivity index (χ2v) is 6.85. The molecule has 0 bridgehead atoms. The molecule has 0 unspecified atom stereocenters. The van der Waals surface area contributed by atoms with Crippen molar-refractivity contribution in [3.05, 3.63) is 48.0 Å². The maximum atomic E-state index is 12.4. The molecule has 1 amide bonds. The fraction of sp³-hybridized carbons (Fsp3) is 0.316. The third kappa shape index (κ3) is 6.73. The van der Waals surface area contributed by atoms with Gasteiger partial charge >= 0.3 is 12.5 Å². The van der Waals surface area contributed by atoms with Crippen LogP contribution in [0.4, 0.5) is 23.7 Å². The lowest BCUT2D eigenvalue weighted by atomic mass is 10.0. The number of hydrogen-bond donors (Lipinski definition) is 2. The van der Waals surface area contributed by atoms with E-state index >= 15 is 0 Å². The number of halogens is 3. The Morgan fingerprint density at radius 3 is 2.41 bits per heavy atom. The summed E-state index contributed by atoms with van der Waals surface area (Å²) in [5.41, 5.74) is 7.57. The van der Waals surface area contributed by atoms with Gasteiger partial charge in [-0.25, -0.2) is 4.79 Å². The first-order valence-corrected chi connectivity index (χ1v) is 8.14. The molecule has 0 atom stereocenters. The molecule has 0 saturated carbocycles. The SMILES string of the molecule is CC(C)(C)OC(=O)NCc1ccc(-c2cccc(OC(F)(F)F)c2)c(N)c1. The van der Waals surface area contributed by atoms with Gasteiger partial charge in [0, 0.05) is 17.8 Å². The van der Waals surface area contributed by atoms with Crippen LogP contribution in [-0.4, -0.2) is 18.1 Å². The van der Waals surface area contributed by atoms with E-state index in [9.17, 15) is 18.0 Å². The molecule has 5 nitrogen and oxygen atoms in total. The summed E-state index contributed by atoms with van der Waals surface area (Å²) >= 11 is 0. The van der Waals surface area contributed by atoms with Gasteiger partial charge in [-0.3, -0.25) is 0 Å². The van der Waals surface area contributed by atoms with Crippen LogP contribution in [0.2, 0.25) is 0 Å². The summed E-state index contributed by atoms with van der Waals surface area (Å²) in [4.78, 5) is 11.7. The van der Waals surface area contributed by atoms with Crippen molar-refractivity contribution >= 4 is 11.8 Å². The van der Waals surface area contributed by atoms with Crippen molar-refractivity contribution in [1.29, 1.82) is 0 Å². The van der Waals surface area contributed by atoms with E-state index in [1.165, 1.54) is 18.2 Å². The van der Waals surface area contributed by atoms with E-state index in [4.69, 9.17) is 10.5 Å². The molecular weight excluding hydrogens is 361 g/mol. The molecule has 0 aliphatic rings. The molecule has 0 aromatic heterocycles. The first-order chi connectivity index (χ1) is 12.4. The van der Waals surface area contributed by atoms with Crippen LogP contribution in [0.25, 0.3) is 11.1 Å². The van der Waals surface area contributed by atoms with Crippen LogP contribution >= 0.6 is 0 Å². The number of alkyl halides is 3. The third-order valence-electron chi connectivity index (χ3n) is 3.33. The average Bonchev–Trinajstić information content (AvgIpc) is 2.50. The van der Waals surface area contributed by atoms with Crippen LogP contribution in [0.15, 0.2) is 42.5 Å². The number of nitrogens with two attached hydrogens (primary N) is 1. The minimum atomic E-state index is -4.76. The number of amides is 1. The van der Waals surface area contributed by atoms with E-state index in [2.05, 4.69) is 10.1 Å². The number of carbonyl (C=O) groups excluding carboxylic acids is 1. The third-order valence-corrected chi connectivity index (χ3v) is 3.33. The van der Waals surface area contributed by atoms with Crippen molar-refractivity contribution in [3.63, 3.8) is 0 Å².